The van der Waals surface area contributed by atoms with Crippen LogP contribution in [0.25, 0.3) is 0 Å². The molecule has 0 spiro atoms. The molecular formula is C26H33N3O2. The van der Waals surface area contributed by atoms with Gasteiger partial charge in [0.15, 0.2) is 0 Å². The van der Waals surface area contributed by atoms with Crippen molar-refractivity contribution in [3.63, 3.8) is 0 Å². The van der Waals surface area contributed by atoms with Gasteiger partial charge in [-0.2, -0.15) is 0 Å². The molecule has 0 bridgehead atoms. The summed E-state index contributed by atoms with van der Waals surface area (Å²) in [5, 5.41) is 3.23. The lowest BCUT2D eigenvalue weighted by Crippen LogP contribution is -2.50. The van der Waals surface area contributed by atoms with E-state index in [1.807, 2.05) is 7.05 Å². The minimum absolute atomic E-state index is 0.0212. The molecule has 0 aromatic heterocycles. The SMILES string of the molecule is Cc1ccc(CN(C)C(=O)C2CCCN2C(=O)NC2CCCc3cc(C)ccc32)cc1. The number of rotatable bonds is 4. The minimum atomic E-state index is -0.378. The molecule has 5 heteroatoms. The zero-order valence-corrected chi connectivity index (χ0v) is 18.9. The smallest absolute Gasteiger partial charge is 0.318 e. The predicted molar refractivity (Wildman–Crippen MR) is 123 cm³/mol. The monoisotopic (exact) mass is 419 g/mol. The second-order valence-corrected chi connectivity index (χ2v) is 9.13. The maximum atomic E-state index is 13.2. The van der Waals surface area contributed by atoms with Gasteiger partial charge in [0, 0.05) is 20.1 Å². The third kappa shape index (κ3) is 4.76. The molecule has 1 aliphatic carbocycles. The van der Waals surface area contributed by atoms with Gasteiger partial charge in [-0.25, -0.2) is 4.79 Å². The molecule has 0 radical (unpaired) electrons. The van der Waals surface area contributed by atoms with Crippen LogP contribution in [0.2, 0.25) is 0 Å². The first-order chi connectivity index (χ1) is 14.9. The molecule has 1 saturated heterocycles. The topological polar surface area (TPSA) is 52.7 Å². The van der Waals surface area contributed by atoms with Crippen molar-refractivity contribution in [2.75, 3.05) is 13.6 Å². The van der Waals surface area contributed by atoms with Crippen LogP contribution >= 0.6 is 0 Å². The van der Waals surface area contributed by atoms with Gasteiger partial charge in [0.1, 0.15) is 6.04 Å². The number of carbonyl (C=O) groups excluding carboxylic acids is 2. The van der Waals surface area contributed by atoms with Crippen molar-refractivity contribution in [1.29, 1.82) is 0 Å². The van der Waals surface area contributed by atoms with Crippen LogP contribution in [0.3, 0.4) is 0 Å². The molecule has 4 rings (SSSR count). The first-order valence-electron chi connectivity index (χ1n) is 11.4. The predicted octanol–water partition coefficient (Wildman–Crippen LogP) is 4.51. The summed E-state index contributed by atoms with van der Waals surface area (Å²) in [6.07, 6.45) is 4.68. The van der Waals surface area contributed by atoms with Crippen molar-refractivity contribution in [2.45, 2.75) is 64.6 Å². The molecular weight excluding hydrogens is 386 g/mol. The van der Waals surface area contributed by atoms with E-state index in [2.05, 4.69) is 61.6 Å². The van der Waals surface area contributed by atoms with E-state index in [0.29, 0.717) is 13.1 Å². The number of hydrogen-bond acceptors (Lipinski definition) is 2. The number of carbonyl (C=O) groups is 2. The summed E-state index contributed by atoms with van der Waals surface area (Å²) >= 11 is 0. The Morgan fingerprint density at radius 2 is 1.77 bits per heavy atom. The summed E-state index contributed by atoms with van der Waals surface area (Å²) in [5.41, 5.74) is 6.13. The standard InChI is InChI=1S/C26H33N3O2/c1-18-9-12-20(13-10-18)17-28(3)25(30)24-8-5-15-29(24)26(31)27-23-7-4-6-21-16-19(2)11-14-22(21)23/h9-14,16,23-24H,4-8,15,17H2,1-3H3,(H,27,31). The van der Waals surface area contributed by atoms with Gasteiger partial charge >= 0.3 is 6.03 Å². The van der Waals surface area contributed by atoms with Crippen LogP contribution in [-0.2, 0) is 17.8 Å². The average Bonchev–Trinajstić information content (AvgIpc) is 3.24. The largest absolute Gasteiger partial charge is 0.340 e. The number of hydrogen-bond donors (Lipinski definition) is 1. The first-order valence-corrected chi connectivity index (χ1v) is 11.4. The molecule has 2 atom stereocenters. The minimum Gasteiger partial charge on any atom is -0.340 e. The van der Waals surface area contributed by atoms with Gasteiger partial charge in [0.25, 0.3) is 0 Å². The lowest BCUT2D eigenvalue weighted by molar-refractivity contribution is -0.134. The van der Waals surface area contributed by atoms with E-state index in [9.17, 15) is 9.59 Å². The fraction of sp³-hybridized carbons (Fsp3) is 0.462. The number of aryl methyl sites for hydroxylation is 3. The Balaban J connectivity index is 1.41. The van der Waals surface area contributed by atoms with Crippen molar-refractivity contribution in [3.8, 4) is 0 Å². The molecule has 2 aromatic rings. The lowest BCUT2D eigenvalue weighted by atomic mass is 9.87. The number of likely N-dealkylation sites (N-methyl/N-ethyl adjacent to an activating group) is 1. The molecule has 1 N–H and O–H groups in total. The molecule has 3 amide bonds. The quantitative estimate of drug-likeness (QED) is 0.793. The van der Waals surface area contributed by atoms with Crippen molar-refractivity contribution in [2.24, 2.45) is 0 Å². The maximum Gasteiger partial charge on any atom is 0.318 e. The number of fused-ring (bicyclic) bond motifs is 1. The Morgan fingerprint density at radius 3 is 2.55 bits per heavy atom. The Kier molecular flexibility index (Phi) is 6.30. The van der Waals surface area contributed by atoms with Crippen LogP contribution in [0.5, 0.6) is 0 Å². The van der Waals surface area contributed by atoms with Gasteiger partial charge < -0.3 is 15.1 Å². The van der Waals surface area contributed by atoms with Crippen LogP contribution in [0, 0.1) is 13.8 Å². The maximum absolute atomic E-state index is 13.2. The van der Waals surface area contributed by atoms with Crippen LogP contribution in [0.1, 0.15) is 59.5 Å². The Hall–Kier alpha value is -2.82. The fourth-order valence-corrected chi connectivity index (χ4v) is 4.89. The summed E-state index contributed by atoms with van der Waals surface area (Å²) in [5.74, 6) is 0.0212. The Bertz CT molecular complexity index is 954. The second-order valence-electron chi connectivity index (χ2n) is 9.13. The van der Waals surface area contributed by atoms with Gasteiger partial charge in [-0.15, -0.1) is 0 Å². The highest BCUT2D eigenvalue weighted by Gasteiger charge is 2.36. The average molecular weight is 420 g/mol. The van der Waals surface area contributed by atoms with Crippen LogP contribution in [0.15, 0.2) is 42.5 Å². The Morgan fingerprint density at radius 1 is 1.03 bits per heavy atom. The second kappa shape index (κ2) is 9.13. The summed E-state index contributed by atoms with van der Waals surface area (Å²) in [6.45, 7) is 5.35. The van der Waals surface area contributed by atoms with E-state index in [4.69, 9.17) is 0 Å². The molecule has 5 nitrogen and oxygen atoms in total. The van der Waals surface area contributed by atoms with E-state index in [1.54, 1.807) is 9.80 Å². The summed E-state index contributed by atoms with van der Waals surface area (Å²) < 4.78 is 0. The molecule has 2 unspecified atom stereocenters. The highest BCUT2D eigenvalue weighted by molar-refractivity contribution is 5.87. The summed E-state index contributed by atoms with van der Waals surface area (Å²) in [7, 11) is 1.83. The van der Waals surface area contributed by atoms with Crippen LogP contribution in [0.4, 0.5) is 4.79 Å². The van der Waals surface area contributed by atoms with Crippen molar-refractivity contribution in [3.05, 3.63) is 70.3 Å². The lowest BCUT2D eigenvalue weighted by Gasteiger charge is -2.32. The molecule has 31 heavy (non-hydrogen) atoms. The number of benzene rings is 2. The third-order valence-electron chi connectivity index (χ3n) is 6.63. The van der Waals surface area contributed by atoms with Gasteiger partial charge in [0.05, 0.1) is 6.04 Å². The van der Waals surface area contributed by atoms with E-state index in [-0.39, 0.29) is 24.0 Å². The van der Waals surface area contributed by atoms with E-state index in [0.717, 1.165) is 37.7 Å². The molecule has 2 aliphatic rings. The summed E-state index contributed by atoms with van der Waals surface area (Å²) in [6, 6.07) is 14.3. The van der Waals surface area contributed by atoms with Crippen molar-refractivity contribution < 1.29 is 9.59 Å². The van der Waals surface area contributed by atoms with Gasteiger partial charge in [-0.05, 0) is 62.6 Å². The normalized spacial score (nSPS) is 20.3. The molecule has 1 fully saturated rings. The van der Waals surface area contributed by atoms with E-state index in [1.165, 1.54) is 22.3 Å². The Labute approximate surface area is 185 Å². The fourth-order valence-electron chi connectivity index (χ4n) is 4.89. The van der Waals surface area contributed by atoms with Crippen molar-refractivity contribution in [1.82, 2.24) is 15.1 Å². The molecule has 1 aliphatic heterocycles. The number of urea groups is 1. The van der Waals surface area contributed by atoms with Crippen molar-refractivity contribution >= 4 is 11.9 Å². The van der Waals surface area contributed by atoms with Gasteiger partial charge in [0.2, 0.25) is 5.91 Å². The number of nitrogens with zero attached hydrogens (tertiary/aromatic N) is 2. The highest BCUT2D eigenvalue weighted by atomic mass is 16.2. The summed E-state index contributed by atoms with van der Waals surface area (Å²) in [4.78, 5) is 29.8. The van der Waals surface area contributed by atoms with Gasteiger partial charge in [-0.1, -0.05) is 53.6 Å². The first kappa shape index (κ1) is 21.4. The highest BCUT2D eigenvalue weighted by Crippen LogP contribution is 2.31. The zero-order valence-electron chi connectivity index (χ0n) is 18.9. The van der Waals surface area contributed by atoms with Crippen LogP contribution < -0.4 is 5.32 Å². The van der Waals surface area contributed by atoms with Crippen LogP contribution in [-0.4, -0.2) is 41.4 Å². The molecule has 1 heterocycles. The van der Waals surface area contributed by atoms with E-state index >= 15 is 0 Å². The number of likely N-dealkylation sites (tertiary alicyclic amines) is 1. The van der Waals surface area contributed by atoms with Gasteiger partial charge in [-0.3, -0.25) is 4.79 Å². The third-order valence-corrected chi connectivity index (χ3v) is 6.63. The molecule has 2 aromatic carbocycles. The molecule has 164 valence electrons. The number of amides is 3. The number of nitrogens with one attached hydrogen (secondary N) is 1. The molecule has 0 saturated carbocycles. The zero-order chi connectivity index (χ0) is 22.0. The van der Waals surface area contributed by atoms with E-state index < -0.39 is 0 Å².